The fraction of sp³-hybridized carbons (Fsp3) is 0.468. The van der Waals surface area contributed by atoms with Crippen LogP contribution >= 0.6 is 0 Å². The molecule has 0 unspecified atom stereocenters. The highest BCUT2D eigenvalue weighted by atomic mass is 19.4. The molecule has 0 saturated carbocycles. The van der Waals surface area contributed by atoms with Gasteiger partial charge < -0.3 is 29.2 Å². The molecule has 1 aliphatic heterocycles. The molecular weight excluding hydrogens is 774 g/mol. The lowest BCUT2D eigenvalue weighted by Gasteiger charge is -2.29. The molecule has 0 spiro atoms. The predicted octanol–water partition coefficient (Wildman–Crippen LogP) is 8.49. The Kier molecular flexibility index (Phi) is 17.5. The number of hydrogen-bond donors (Lipinski definition) is 1. The number of ether oxygens (including phenoxy) is 4. The van der Waals surface area contributed by atoms with E-state index in [0.717, 1.165) is 73.5 Å². The van der Waals surface area contributed by atoms with Gasteiger partial charge in [0, 0.05) is 55.7 Å². The Hall–Kier alpha value is -4.82. The van der Waals surface area contributed by atoms with E-state index in [1.54, 1.807) is 24.4 Å². The first kappa shape index (κ1) is 46.2. The second-order valence-electron chi connectivity index (χ2n) is 16.1. The predicted molar refractivity (Wildman–Crippen MR) is 227 cm³/mol. The van der Waals surface area contributed by atoms with E-state index in [-0.39, 0.29) is 18.9 Å². The maximum Gasteiger partial charge on any atom is 0.416 e. The SMILES string of the molecule is CN(CCOCCOCCOCCC(=O)OC(C)(C)C)Cc1cccc(Cc2ccc(N3CCCCC3)cc2-c2cc(C(=O)NCc3cccc(C(F)(F)F)c3)ccn2)c1. The Labute approximate surface area is 352 Å². The summed E-state index contributed by atoms with van der Waals surface area (Å²) in [6.45, 7) is 11.5. The summed E-state index contributed by atoms with van der Waals surface area (Å²) >= 11 is 0. The van der Waals surface area contributed by atoms with Crippen molar-refractivity contribution in [2.75, 3.05) is 71.2 Å². The third-order valence-electron chi connectivity index (χ3n) is 9.89. The van der Waals surface area contributed by atoms with Gasteiger partial charge in [-0.3, -0.25) is 19.5 Å². The smallest absolute Gasteiger partial charge is 0.416 e. The molecular formula is C47H59F3N4O6. The van der Waals surface area contributed by atoms with Gasteiger partial charge in [-0.1, -0.05) is 42.5 Å². The van der Waals surface area contributed by atoms with Crippen molar-refractivity contribution in [1.29, 1.82) is 0 Å². The molecule has 1 saturated heterocycles. The Morgan fingerprint density at radius 3 is 2.20 bits per heavy atom. The molecule has 0 radical (unpaired) electrons. The number of rotatable bonds is 21. The first-order valence-corrected chi connectivity index (χ1v) is 20.7. The standard InChI is InChI=1S/C47H59F3N4O6/c1-46(2,3)60-44(55)17-22-57-24-26-59-27-25-58-23-21-53(4)34-37-12-8-10-35(28-37)29-38-14-15-41(54-19-6-5-7-20-54)32-42(38)43-31-39(16-18-51-43)45(56)52-33-36-11-9-13-40(30-36)47(48,49)50/h8-16,18,28,30-32H,5-7,17,19-27,29,33-34H2,1-4H3,(H,52,56). The Balaban J connectivity index is 1.14. The van der Waals surface area contributed by atoms with E-state index in [9.17, 15) is 22.8 Å². The molecule has 3 aromatic carbocycles. The molecule has 10 nitrogen and oxygen atoms in total. The van der Waals surface area contributed by atoms with Gasteiger partial charge in [0.25, 0.3) is 5.91 Å². The highest BCUT2D eigenvalue weighted by Gasteiger charge is 2.30. The average molecular weight is 833 g/mol. The minimum atomic E-state index is -4.46. The van der Waals surface area contributed by atoms with Crippen molar-refractivity contribution in [1.82, 2.24) is 15.2 Å². The summed E-state index contributed by atoms with van der Waals surface area (Å²) in [5, 5.41) is 2.78. The number of anilines is 1. The Morgan fingerprint density at radius 2 is 1.47 bits per heavy atom. The molecule has 0 aliphatic carbocycles. The fourth-order valence-electron chi connectivity index (χ4n) is 6.93. The molecule has 0 atom stereocenters. The van der Waals surface area contributed by atoms with Crippen molar-refractivity contribution in [3.05, 3.63) is 118 Å². The normalized spacial score (nSPS) is 13.4. The number of nitrogens with one attached hydrogen (secondary N) is 1. The summed E-state index contributed by atoms with van der Waals surface area (Å²) in [6.07, 6.45) is 1.49. The van der Waals surface area contributed by atoms with Crippen LogP contribution < -0.4 is 10.2 Å². The monoisotopic (exact) mass is 832 g/mol. The van der Waals surface area contributed by atoms with Crippen molar-refractivity contribution < 1.29 is 41.7 Å². The number of esters is 1. The van der Waals surface area contributed by atoms with Crippen LogP contribution in [0.15, 0.2) is 85.1 Å². The zero-order chi connectivity index (χ0) is 43.0. The minimum absolute atomic E-state index is 0.0400. The van der Waals surface area contributed by atoms with Crippen molar-refractivity contribution in [3.8, 4) is 11.3 Å². The summed E-state index contributed by atoms with van der Waals surface area (Å²) in [7, 11) is 2.06. The molecule has 1 aromatic heterocycles. The largest absolute Gasteiger partial charge is 0.460 e. The van der Waals surface area contributed by atoms with Crippen LogP contribution in [0.3, 0.4) is 0 Å². The van der Waals surface area contributed by atoms with Crippen LogP contribution in [-0.4, -0.2) is 93.7 Å². The Bertz CT molecular complexity index is 1980. The molecule has 324 valence electrons. The zero-order valence-corrected chi connectivity index (χ0v) is 35.3. The number of benzene rings is 3. The number of likely N-dealkylation sites (N-methyl/N-ethyl adjacent to an activating group) is 1. The fourth-order valence-corrected chi connectivity index (χ4v) is 6.93. The van der Waals surface area contributed by atoms with E-state index in [2.05, 4.69) is 64.6 Å². The van der Waals surface area contributed by atoms with Gasteiger partial charge in [0.2, 0.25) is 0 Å². The Morgan fingerprint density at radius 1 is 0.783 bits per heavy atom. The van der Waals surface area contributed by atoms with E-state index in [1.165, 1.54) is 18.1 Å². The van der Waals surface area contributed by atoms with E-state index in [4.69, 9.17) is 23.9 Å². The number of aromatic nitrogens is 1. The van der Waals surface area contributed by atoms with Gasteiger partial charge in [-0.25, -0.2) is 0 Å². The van der Waals surface area contributed by atoms with E-state index >= 15 is 0 Å². The zero-order valence-electron chi connectivity index (χ0n) is 35.3. The number of nitrogens with zero attached hydrogens (tertiary/aromatic N) is 3. The number of halogens is 3. The summed E-state index contributed by atoms with van der Waals surface area (Å²) in [5.74, 6) is -0.670. The van der Waals surface area contributed by atoms with Gasteiger partial charge in [-0.2, -0.15) is 13.2 Å². The van der Waals surface area contributed by atoms with Crippen LogP contribution in [0, 0.1) is 0 Å². The van der Waals surface area contributed by atoms with E-state index in [1.807, 2.05) is 20.8 Å². The van der Waals surface area contributed by atoms with Crippen LogP contribution in [-0.2, 0) is 49.4 Å². The third kappa shape index (κ3) is 15.7. The van der Waals surface area contributed by atoms with Gasteiger partial charge in [0.1, 0.15) is 5.60 Å². The van der Waals surface area contributed by atoms with Gasteiger partial charge in [-0.15, -0.1) is 0 Å². The topological polar surface area (TPSA) is 102 Å². The third-order valence-corrected chi connectivity index (χ3v) is 9.89. The number of carbonyl (C=O) groups is 2. The van der Waals surface area contributed by atoms with Crippen molar-refractivity contribution in [2.24, 2.45) is 0 Å². The maximum atomic E-state index is 13.3. The van der Waals surface area contributed by atoms with Gasteiger partial charge in [0.05, 0.1) is 57.3 Å². The molecule has 5 rings (SSSR count). The summed E-state index contributed by atoms with van der Waals surface area (Å²) in [4.78, 5) is 34.4. The molecule has 13 heteroatoms. The number of hydrogen-bond acceptors (Lipinski definition) is 9. The molecule has 1 aliphatic rings. The van der Waals surface area contributed by atoms with Crippen LogP contribution in [0.25, 0.3) is 11.3 Å². The summed E-state index contributed by atoms with van der Waals surface area (Å²) < 4.78 is 61.9. The van der Waals surface area contributed by atoms with Gasteiger partial charge >= 0.3 is 12.1 Å². The molecule has 2 heterocycles. The van der Waals surface area contributed by atoms with Crippen LogP contribution in [0.4, 0.5) is 18.9 Å². The minimum Gasteiger partial charge on any atom is -0.460 e. The molecule has 4 aromatic rings. The quantitative estimate of drug-likeness (QED) is 0.0655. The highest BCUT2D eigenvalue weighted by molar-refractivity contribution is 5.95. The molecule has 1 fully saturated rings. The first-order chi connectivity index (χ1) is 28.7. The van der Waals surface area contributed by atoms with Crippen LogP contribution in [0.5, 0.6) is 0 Å². The second kappa shape index (κ2) is 22.7. The van der Waals surface area contributed by atoms with E-state index in [0.29, 0.717) is 62.9 Å². The second-order valence-corrected chi connectivity index (χ2v) is 16.1. The van der Waals surface area contributed by atoms with Crippen LogP contribution in [0.2, 0.25) is 0 Å². The van der Waals surface area contributed by atoms with Crippen LogP contribution in [0.1, 0.15) is 84.6 Å². The van der Waals surface area contributed by atoms with Crippen molar-refractivity contribution in [2.45, 2.75) is 77.7 Å². The molecule has 60 heavy (non-hydrogen) atoms. The number of pyridine rings is 1. The van der Waals surface area contributed by atoms with Gasteiger partial charge in [-0.05, 0) is 112 Å². The first-order valence-electron chi connectivity index (χ1n) is 20.7. The number of amides is 1. The summed E-state index contributed by atoms with van der Waals surface area (Å²) in [6, 6.07) is 23.4. The van der Waals surface area contributed by atoms with Gasteiger partial charge in [0.15, 0.2) is 0 Å². The summed E-state index contributed by atoms with van der Waals surface area (Å²) in [5.41, 5.74) is 5.57. The maximum absolute atomic E-state index is 13.3. The van der Waals surface area contributed by atoms with E-state index < -0.39 is 23.2 Å². The number of alkyl halides is 3. The number of piperidine rings is 1. The lowest BCUT2D eigenvalue weighted by atomic mass is 9.95. The average Bonchev–Trinajstić information content (AvgIpc) is 3.21. The molecule has 0 bridgehead atoms. The lowest BCUT2D eigenvalue weighted by Crippen LogP contribution is -2.29. The van der Waals surface area contributed by atoms with Crippen molar-refractivity contribution in [3.63, 3.8) is 0 Å². The highest BCUT2D eigenvalue weighted by Crippen LogP contribution is 2.32. The molecule has 1 N–H and O–H groups in total. The number of carbonyl (C=O) groups excluding carboxylic acids is 2. The molecule has 1 amide bonds. The van der Waals surface area contributed by atoms with Crippen molar-refractivity contribution >= 4 is 17.6 Å². The lowest BCUT2D eigenvalue weighted by molar-refractivity contribution is -0.156.